The van der Waals surface area contributed by atoms with Crippen LogP contribution in [0.15, 0.2) is 0 Å². The summed E-state index contributed by atoms with van der Waals surface area (Å²) in [5.74, 6) is 0. The molecule has 30 heavy (non-hydrogen) atoms. The Bertz CT molecular complexity index is 421. The van der Waals surface area contributed by atoms with E-state index >= 15 is 0 Å². The van der Waals surface area contributed by atoms with Crippen molar-refractivity contribution in [3.63, 3.8) is 0 Å². The van der Waals surface area contributed by atoms with Crippen LogP contribution in [0.5, 0.6) is 0 Å². The van der Waals surface area contributed by atoms with Gasteiger partial charge in [0, 0.05) is 0 Å². The Morgan fingerprint density at radius 1 is 0.567 bits per heavy atom. The van der Waals surface area contributed by atoms with Crippen molar-refractivity contribution in [3.05, 3.63) is 0 Å². The number of unbranched alkanes of at least 4 members (excludes halogenated alkanes) is 3. The van der Waals surface area contributed by atoms with Crippen molar-refractivity contribution >= 4 is 21.4 Å². The van der Waals surface area contributed by atoms with E-state index in [-0.39, 0.29) is 19.0 Å². The Morgan fingerprint density at radius 3 is 1.17 bits per heavy atom. The van der Waals surface area contributed by atoms with Crippen LogP contribution in [0.3, 0.4) is 0 Å². The van der Waals surface area contributed by atoms with Crippen LogP contribution in [0.4, 0.5) is 0 Å². The second kappa shape index (κ2) is 14.8. The molecular weight excluding hydrogens is 393 g/mol. The van der Waals surface area contributed by atoms with Crippen LogP contribution in [0.2, 0.25) is 19.0 Å². The fourth-order valence-electron chi connectivity index (χ4n) is 3.48. The quantitative estimate of drug-likeness (QED) is 0.255. The number of aliphatic hydroxyl groups is 3. The molecule has 12 heteroatoms. The summed E-state index contributed by atoms with van der Waals surface area (Å²) in [5, 5.41) is 68.0. The van der Waals surface area contributed by atoms with Crippen molar-refractivity contribution in [1.29, 1.82) is 0 Å². The van der Waals surface area contributed by atoms with Crippen molar-refractivity contribution in [2.75, 3.05) is 0 Å². The summed E-state index contributed by atoms with van der Waals surface area (Å²) >= 11 is 0. The molecule has 2 unspecified atom stereocenters. The lowest BCUT2D eigenvalue weighted by atomic mass is 9.75. The van der Waals surface area contributed by atoms with Gasteiger partial charge in [0.05, 0.1) is 18.3 Å². The summed E-state index contributed by atoms with van der Waals surface area (Å²) in [7, 11) is -4.53. The average Bonchev–Trinajstić information content (AvgIpc) is 2.73. The van der Waals surface area contributed by atoms with Crippen LogP contribution < -0.4 is 15.1 Å². The minimum Gasteiger partial charge on any atom is -0.856 e. The molecule has 0 spiro atoms. The third kappa shape index (κ3) is 8.76. The first-order valence-corrected chi connectivity index (χ1v) is 11.2. The fourth-order valence-corrected chi connectivity index (χ4v) is 3.48. The molecule has 0 aromatic rings. The summed E-state index contributed by atoms with van der Waals surface area (Å²) in [6, 6.07) is 0. The molecular formula is C18H36B3O9-3. The summed E-state index contributed by atoms with van der Waals surface area (Å²) in [5.41, 5.74) is 0. The molecule has 3 N–H and O–H groups in total. The van der Waals surface area contributed by atoms with E-state index in [0.717, 1.165) is 19.3 Å². The molecule has 1 fully saturated rings. The molecule has 1 rings (SSSR count). The number of rotatable bonds is 15. The molecule has 174 valence electrons. The van der Waals surface area contributed by atoms with E-state index in [9.17, 15) is 30.4 Å². The molecule has 9 nitrogen and oxygen atoms in total. The zero-order valence-electron chi connectivity index (χ0n) is 18.4. The van der Waals surface area contributed by atoms with Crippen molar-refractivity contribution in [2.24, 2.45) is 0 Å². The van der Waals surface area contributed by atoms with Gasteiger partial charge in [-0.2, -0.15) is 0 Å². The molecule has 0 aliphatic heterocycles. The van der Waals surface area contributed by atoms with E-state index in [1.54, 1.807) is 0 Å². The van der Waals surface area contributed by atoms with Crippen LogP contribution in [0, 0.1) is 0 Å². The van der Waals surface area contributed by atoms with Gasteiger partial charge in [-0.05, 0) is 0 Å². The smallest absolute Gasteiger partial charge is 0.183 e. The van der Waals surface area contributed by atoms with E-state index in [2.05, 4.69) is 0 Å². The number of hydrogen-bond acceptors (Lipinski definition) is 9. The van der Waals surface area contributed by atoms with E-state index in [1.165, 1.54) is 0 Å². The summed E-state index contributed by atoms with van der Waals surface area (Å²) in [4.78, 5) is 0. The second-order valence-electron chi connectivity index (χ2n) is 7.99. The van der Waals surface area contributed by atoms with Gasteiger partial charge in [-0.1, -0.05) is 78.3 Å². The third-order valence-corrected chi connectivity index (χ3v) is 5.33. The molecule has 0 heterocycles. The minimum atomic E-state index is -1.71. The topological polar surface area (TPSA) is 158 Å². The molecule has 0 aromatic carbocycles. The van der Waals surface area contributed by atoms with Crippen molar-refractivity contribution in [3.8, 4) is 0 Å². The van der Waals surface area contributed by atoms with Gasteiger partial charge in [-0.15, -0.1) is 0 Å². The zero-order chi connectivity index (χ0) is 22.7. The number of hydrogen-bond donors (Lipinski definition) is 3. The molecule has 1 aliphatic carbocycles. The molecule has 0 amide bonds. The lowest BCUT2D eigenvalue weighted by Crippen LogP contribution is -2.69. The summed E-state index contributed by atoms with van der Waals surface area (Å²) < 4.78 is 16.3. The van der Waals surface area contributed by atoms with Gasteiger partial charge in [0.15, 0.2) is 21.4 Å². The van der Waals surface area contributed by atoms with Crippen molar-refractivity contribution < 1.29 is 44.4 Å². The van der Waals surface area contributed by atoms with Crippen LogP contribution in [0.1, 0.15) is 59.3 Å². The highest BCUT2D eigenvalue weighted by Crippen LogP contribution is 2.30. The normalized spacial score (nSPS) is 29.1. The van der Waals surface area contributed by atoms with E-state index < -0.39 is 58.0 Å². The molecule has 0 bridgehead atoms. The van der Waals surface area contributed by atoms with E-state index in [4.69, 9.17) is 14.0 Å². The fraction of sp³-hybridized carbons (Fsp3) is 1.00. The van der Waals surface area contributed by atoms with Crippen LogP contribution >= 0.6 is 0 Å². The highest BCUT2D eigenvalue weighted by molar-refractivity contribution is 6.41. The van der Waals surface area contributed by atoms with Crippen LogP contribution in [-0.2, 0) is 14.0 Å². The lowest BCUT2D eigenvalue weighted by molar-refractivity contribution is -0.284. The van der Waals surface area contributed by atoms with Crippen molar-refractivity contribution in [2.45, 2.75) is 115 Å². The van der Waals surface area contributed by atoms with E-state index in [0.29, 0.717) is 19.3 Å². The first kappa shape index (κ1) is 27.9. The minimum absolute atomic E-state index is 0.175. The van der Waals surface area contributed by atoms with Gasteiger partial charge in [0.25, 0.3) is 0 Å². The maximum atomic E-state index is 12.3. The Balaban J connectivity index is 3.05. The van der Waals surface area contributed by atoms with Gasteiger partial charge >= 0.3 is 0 Å². The molecule has 1 saturated carbocycles. The monoisotopic (exact) mass is 429 g/mol. The van der Waals surface area contributed by atoms with Gasteiger partial charge in [-0.3, -0.25) is 0 Å². The largest absolute Gasteiger partial charge is 0.856 e. The van der Waals surface area contributed by atoms with Gasteiger partial charge in [0.2, 0.25) is 0 Å². The molecule has 6 atom stereocenters. The molecule has 0 radical (unpaired) electrons. The Hall–Kier alpha value is -0.165. The third-order valence-electron chi connectivity index (χ3n) is 5.33. The summed E-state index contributed by atoms with van der Waals surface area (Å²) in [6.07, 6.45) is -4.53. The summed E-state index contributed by atoms with van der Waals surface area (Å²) in [6.45, 7) is 5.75. The van der Waals surface area contributed by atoms with Gasteiger partial charge in [0.1, 0.15) is 18.3 Å². The SMILES string of the molecule is CCCCB([O-])OC1[C@@H](OB([O-])CCCC)[C@H](O)C(O)[C@@H](O)[C@H]1OB([O-])CCCC. The maximum absolute atomic E-state index is 12.3. The predicted molar refractivity (Wildman–Crippen MR) is 109 cm³/mol. The zero-order valence-corrected chi connectivity index (χ0v) is 18.4. The standard InChI is InChI=1S/C18H36B3O9/c1-4-7-10-19(25)28-16-14(23)13(22)15(24)17(29-20(26)11-8-5-2)18(16)30-21(27)12-9-6-3/h13-18,22-24H,4-12H2,1-3H3/q-3/t13?,14-,15-,16-,17+,18?/m1/s1. The highest BCUT2D eigenvalue weighted by atomic mass is 16.6. The highest BCUT2D eigenvalue weighted by Gasteiger charge is 2.51. The first-order valence-electron chi connectivity index (χ1n) is 11.2. The Kier molecular flexibility index (Phi) is 13.8. The maximum Gasteiger partial charge on any atom is 0.183 e. The Morgan fingerprint density at radius 2 is 0.867 bits per heavy atom. The Labute approximate surface area is 181 Å². The van der Waals surface area contributed by atoms with Crippen molar-refractivity contribution in [1.82, 2.24) is 0 Å². The lowest BCUT2D eigenvalue weighted by Gasteiger charge is -2.50. The number of aliphatic hydroxyl groups excluding tert-OH is 3. The molecule has 0 aromatic heterocycles. The van der Waals surface area contributed by atoms with Gasteiger partial charge < -0.3 is 44.4 Å². The van der Waals surface area contributed by atoms with Crippen LogP contribution in [-0.4, -0.2) is 73.3 Å². The van der Waals surface area contributed by atoms with Gasteiger partial charge in [-0.25, -0.2) is 0 Å². The molecule has 0 saturated heterocycles. The van der Waals surface area contributed by atoms with Crippen LogP contribution in [0.25, 0.3) is 0 Å². The average molecular weight is 429 g/mol. The first-order chi connectivity index (χ1) is 14.3. The van der Waals surface area contributed by atoms with E-state index in [1.807, 2.05) is 20.8 Å². The predicted octanol–water partition coefficient (Wildman–Crippen LogP) is -1.82. The molecule has 1 aliphatic rings. The second-order valence-corrected chi connectivity index (χ2v) is 7.99.